The van der Waals surface area contributed by atoms with Crippen LogP contribution in [0.2, 0.25) is 0 Å². The van der Waals surface area contributed by atoms with E-state index in [1.165, 1.54) is 6.07 Å². The van der Waals surface area contributed by atoms with Crippen molar-refractivity contribution in [2.24, 2.45) is 0 Å². The topological polar surface area (TPSA) is 49.4 Å². The van der Waals surface area contributed by atoms with E-state index in [9.17, 15) is 18.4 Å². The maximum absolute atomic E-state index is 13.5. The first-order valence-electron chi connectivity index (χ1n) is 6.04. The number of carbonyl (C=O) groups excluding carboxylic acids is 2. The Kier molecular flexibility index (Phi) is 4.21. The molecule has 2 rings (SSSR count). The zero-order valence-corrected chi connectivity index (χ0v) is 10.3. The molecule has 0 saturated carbocycles. The lowest BCUT2D eigenvalue weighted by Crippen LogP contribution is -2.36. The molecule has 0 radical (unpaired) electrons. The van der Waals surface area contributed by atoms with E-state index in [2.05, 4.69) is 5.32 Å². The second kappa shape index (κ2) is 5.88. The van der Waals surface area contributed by atoms with Gasteiger partial charge in [0.05, 0.1) is 18.7 Å². The van der Waals surface area contributed by atoms with Crippen LogP contribution in [0.5, 0.6) is 0 Å². The van der Waals surface area contributed by atoms with Gasteiger partial charge in [-0.05, 0) is 18.6 Å². The number of carbonyl (C=O) groups is 2. The lowest BCUT2D eigenvalue weighted by Gasteiger charge is -2.17. The SMILES string of the molecule is O=C1CN(CC(=O)c2c(F)cccc2F)CCCN1. The number of nitrogens with zero attached hydrogens (tertiary/aromatic N) is 1. The number of hydrogen-bond donors (Lipinski definition) is 1. The fraction of sp³-hybridized carbons (Fsp3) is 0.385. The highest BCUT2D eigenvalue weighted by atomic mass is 19.1. The number of ketones is 1. The first-order valence-corrected chi connectivity index (χ1v) is 6.04. The molecule has 102 valence electrons. The van der Waals surface area contributed by atoms with Gasteiger partial charge in [-0.15, -0.1) is 0 Å². The summed E-state index contributed by atoms with van der Waals surface area (Å²) >= 11 is 0. The van der Waals surface area contributed by atoms with Crippen molar-refractivity contribution < 1.29 is 18.4 Å². The average molecular weight is 268 g/mol. The minimum absolute atomic E-state index is 0.0712. The fourth-order valence-corrected chi connectivity index (χ4v) is 2.05. The molecule has 0 aromatic heterocycles. The maximum Gasteiger partial charge on any atom is 0.234 e. The summed E-state index contributed by atoms with van der Waals surface area (Å²) in [5.74, 6) is -2.57. The van der Waals surface area contributed by atoms with Crippen LogP contribution < -0.4 is 5.32 Å². The molecular weight excluding hydrogens is 254 g/mol. The van der Waals surface area contributed by atoms with Crippen LogP contribution in [0, 0.1) is 11.6 Å². The lowest BCUT2D eigenvalue weighted by molar-refractivity contribution is -0.121. The van der Waals surface area contributed by atoms with Crippen LogP contribution in [-0.2, 0) is 4.79 Å². The van der Waals surface area contributed by atoms with E-state index in [0.717, 1.165) is 12.1 Å². The van der Waals surface area contributed by atoms with Gasteiger partial charge in [0, 0.05) is 13.1 Å². The highest BCUT2D eigenvalue weighted by molar-refractivity contribution is 5.98. The van der Waals surface area contributed by atoms with E-state index in [1.54, 1.807) is 4.90 Å². The van der Waals surface area contributed by atoms with Gasteiger partial charge in [0.2, 0.25) is 5.91 Å². The molecule has 0 bridgehead atoms. The van der Waals surface area contributed by atoms with Crippen LogP contribution in [0.15, 0.2) is 18.2 Å². The van der Waals surface area contributed by atoms with Gasteiger partial charge >= 0.3 is 0 Å². The van der Waals surface area contributed by atoms with Crippen LogP contribution >= 0.6 is 0 Å². The molecule has 0 aliphatic carbocycles. The Labute approximate surface area is 109 Å². The van der Waals surface area contributed by atoms with Crippen molar-refractivity contribution in [3.8, 4) is 0 Å². The molecule has 1 aliphatic rings. The standard InChI is InChI=1S/C13H14F2N2O2/c14-9-3-1-4-10(15)13(9)11(18)7-17-6-2-5-16-12(19)8-17/h1,3-4H,2,5-8H2,(H,16,19). The van der Waals surface area contributed by atoms with Crippen LogP contribution in [0.4, 0.5) is 8.78 Å². The first kappa shape index (κ1) is 13.6. The molecule has 1 aromatic rings. The summed E-state index contributed by atoms with van der Waals surface area (Å²) in [4.78, 5) is 24.8. The number of halogens is 2. The van der Waals surface area contributed by atoms with E-state index < -0.39 is 23.0 Å². The summed E-state index contributed by atoms with van der Waals surface area (Å²) in [6, 6.07) is 3.30. The number of hydrogen-bond acceptors (Lipinski definition) is 3. The maximum atomic E-state index is 13.5. The predicted octanol–water partition coefficient (Wildman–Crippen LogP) is 0.969. The van der Waals surface area contributed by atoms with Crippen LogP contribution in [-0.4, -0.2) is 42.8 Å². The Hall–Kier alpha value is -1.82. The van der Waals surface area contributed by atoms with Gasteiger partial charge in [-0.1, -0.05) is 6.07 Å². The third kappa shape index (κ3) is 3.35. The van der Waals surface area contributed by atoms with Crippen LogP contribution in [0.3, 0.4) is 0 Å². The molecule has 6 heteroatoms. The van der Waals surface area contributed by atoms with Crippen molar-refractivity contribution in [2.75, 3.05) is 26.2 Å². The Morgan fingerprint density at radius 1 is 1.32 bits per heavy atom. The fourth-order valence-electron chi connectivity index (χ4n) is 2.05. The number of rotatable bonds is 3. The molecule has 0 atom stereocenters. The molecule has 1 aliphatic heterocycles. The second-order valence-corrected chi connectivity index (χ2v) is 4.43. The molecule has 1 N–H and O–H groups in total. The van der Waals surface area contributed by atoms with Gasteiger partial charge in [0.15, 0.2) is 5.78 Å². The smallest absolute Gasteiger partial charge is 0.234 e. The zero-order valence-electron chi connectivity index (χ0n) is 10.3. The molecule has 0 spiro atoms. The molecule has 1 amide bonds. The summed E-state index contributed by atoms with van der Waals surface area (Å²) < 4.78 is 26.9. The average Bonchev–Trinajstić information content (AvgIpc) is 2.53. The normalized spacial score (nSPS) is 16.8. The van der Waals surface area contributed by atoms with E-state index in [4.69, 9.17) is 0 Å². The molecule has 4 nitrogen and oxygen atoms in total. The Balaban J connectivity index is 2.10. The second-order valence-electron chi connectivity index (χ2n) is 4.43. The van der Waals surface area contributed by atoms with Gasteiger partial charge < -0.3 is 5.32 Å². The minimum Gasteiger partial charge on any atom is -0.355 e. The third-order valence-corrected chi connectivity index (χ3v) is 2.95. The van der Waals surface area contributed by atoms with Gasteiger partial charge in [-0.2, -0.15) is 0 Å². The summed E-state index contributed by atoms with van der Waals surface area (Å²) in [7, 11) is 0. The van der Waals surface area contributed by atoms with E-state index in [-0.39, 0.29) is 19.0 Å². The van der Waals surface area contributed by atoms with Crippen molar-refractivity contribution in [2.45, 2.75) is 6.42 Å². The molecule has 19 heavy (non-hydrogen) atoms. The molecular formula is C13H14F2N2O2. The van der Waals surface area contributed by atoms with Crippen molar-refractivity contribution in [3.05, 3.63) is 35.4 Å². The quantitative estimate of drug-likeness (QED) is 0.831. The highest BCUT2D eigenvalue weighted by Gasteiger charge is 2.22. The van der Waals surface area contributed by atoms with Crippen molar-refractivity contribution in [3.63, 3.8) is 0 Å². The van der Waals surface area contributed by atoms with Crippen molar-refractivity contribution in [1.82, 2.24) is 10.2 Å². The first-order chi connectivity index (χ1) is 9.08. The predicted molar refractivity (Wildman–Crippen MR) is 64.8 cm³/mol. The minimum atomic E-state index is -0.871. The van der Waals surface area contributed by atoms with Gasteiger partial charge in [-0.3, -0.25) is 14.5 Å². The lowest BCUT2D eigenvalue weighted by atomic mass is 10.1. The Morgan fingerprint density at radius 3 is 2.68 bits per heavy atom. The number of nitrogens with one attached hydrogen (secondary N) is 1. The largest absolute Gasteiger partial charge is 0.355 e. The summed E-state index contributed by atoms with van der Waals surface area (Å²) in [6.07, 6.45) is 0.707. The summed E-state index contributed by atoms with van der Waals surface area (Å²) in [5, 5.41) is 2.67. The van der Waals surface area contributed by atoms with Gasteiger partial charge in [0.25, 0.3) is 0 Å². The number of benzene rings is 1. The molecule has 1 heterocycles. The molecule has 1 fully saturated rings. The highest BCUT2D eigenvalue weighted by Crippen LogP contribution is 2.13. The zero-order chi connectivity index (χ0) is 13.8. The molecule has 0 unspecified atom stereocenters. The Bertz CT molecular complexity index is 485. The monoisotopic (exact) mass is 268 g/mol. The molecule has 1 aromatic carbocycles. The van der Waals surface area contributed by atoms with Crippen molar-refractivity contribution >= 4 is 11.7 Å². The molecule has 1 saturated heterocycles. The van der Waals surface area contributed by atoms with Gasteiger partial charge in [0.1, 0.15) is 11.6 Å². The van der Waals surface area contributed by atoms with E-state index in [1.807, 2.05) is 0 Å². The van der Waals surface area contributed by atoms with E-state index in [0.29, 0.717) is 19.5 Å². The van der Waals surface area contributed by atoms with Gasteiger partial charge in [-0.25, -0.2) is 8.78 Å². The summed E-state index contributed by atoms with van der Waals surface area (Å²) in [5.41, 5.74) is -0.535. The third-order valence-electron chi connectivity index (χ3n) is 2.95. The number of amides is 1. The Morgan fingerprint density at radius 2 is 2.00 bits per heavy atom. The van der Waals surface area contributed by atoms with E-state index >= 15 is 0 Å². The summed E-state index contributed by atoms with van der Waals surface area (Å²) in [6.45, 7) is 1.01. The van der Waals surface area contributed by atoms with Crippen LogP contribution in [0.1, 0.15) is 16.8 Å². The van der Waals surface area contributed by atoms with Crippen molar-refractivity contribution in [1.29, 1.82) is 0 Å². The van der Waals surface area contributed by atoms with Crippen LogP contribution in [0.25, 0.3) is 0 Å². The number of Topliss-reactive ketones (excluding diaryl/α,β-unsaturated/α-hetero) is 1.